The van der Waals surface area contributed by atoms with Gasteiger partial charge in [-0.05, 0) is 18.9 Å². The number of hydrogen-bond acceptors (Lipinski definition) is 4. The van der Waals surface area contributed by atoms with Gasteiger partial charge < -0.3 is 9.64 Å². The maximum absolute atomic E-state index is 9.07. The van der Waals surface area contributed by atoms with Crippen LogP contribution in [0.5, 0.6) is 0 Å². The minimum atomic E-state index is 0.283. The number of halogens is 1. The van der Waals surface area contributed by atoms with E-state index in [0.29, 0.717) is 23.2 Å². The van der Waals surface area contributed by atoms with E-state index >= 15 is 0 Å². The number of nitriles is 1. The average molecular weight is 278 g/mol. The molecule has 0 aromatic carbocycles. The third-order valence-corrected chi connectivity index (χ3v) is 4.37. The van der Waals surface area contributed by atoms with Crippen molar-refractivity contribution in [2.24, 2.45) is 0 Å². The zero-order valence-electron chi connectivity index (χ0n) is 10.7. The van der Waals surface area contributed by atoms with Crippen LogP contribution in [0.15, 0.2) is 12.3 Å². The zero-order chi connectivity index (χ0) is 13.2. The predicted molar refractivity (Wildman–Crippen MR) is 73.3 cm³/mol. The predicted octanol–water partition coefficient (Wildman–Crippen LogP) is 2.75. The van der Waals surface area contributed by atoms with Crippen molar-refractivity contribution >= 4 is 17.4 Å². The number of morpholine rings is 1. The molecular formula is C14H16ClN3O. The van der Waals surface area contributed by atoms with E-state index in [1.165, 1.54) is 12.8 Å². The van der Waals surface area contributed by atoms with E-state index in [2.05, 4.69) is 16.0 Å². The van der Waals surface area contributed by atoms with Crippen LogP contribution >= 0.6 is 11.6 Å². The Morgan fingerprint density at radius 2 is 2.26 bits per heavy atom. The van der Waals surface area contributed by atoms with E-state index in [-0.39, 0.29) is 6.10 Å². The first-order chi connectivity index (χ1) is 9.31. The van der Waals surface area contributed by atoms with Crippen molar-refractivity contribution in [1.29, 1.82) is 5.26 Å². The van der Waals surface area contributed by atoms with Crippen molar-refractivity contribution in [2.45, 2.75) is 37.8 Å². The third-order valence-electron chi connectivity index (χ3n) is 4.00. The molecule has 1 aliphatic carbocycles. The van der Waals surface area contributed by atoms with Crippen molar-refractivity contribution in [3.63, 3.8) is 0 Å². The molecule has 0 radical (unpaired) electrons. The summed E-state index contributed by atoms with van der Waals surface area (Å²) in [5.41, 5.74) is 0.491. The van der Waals surface area contributed by atoms with Crippen LogP contribution in [0.3, 0.4) is 0 Å². The van der Waals surface area contributed by atoms with E-state index < -0.39 is 0 Å². The quantitative estimate of drug-likeness (QED) is 0.792. The fourth-order valence-electron chi connectivity index (χ4n) is 3.08. The maximum atomic E-state index is 9.07. The molecule has 19 heavy (non-hydrogen) atoms. The highest BCUT2D eigenvalue weighted by Crippen LogP contribution is 2.35. The molecule has 0 N–H and O–H groups in total. The van der Waals surface area contributed by atoms with E-state index in [0.717, 1.165) is 25.2 Å². The number of ether oxygens (including phenoxy) is 1. The first kappa shape index (κ1) is 12.7. The van der Waals surface area contributed by atoms with Crippen LogP contribution in [0.1, 0.15) is 31.2 Å². The molecule has 2 atom stereocenters. The van der Waals surface area contributed by atoms with E-state index in [1.807, 2.05) is 0 Å². The first-order valence-corrected chi connectivity index (χ1v) is 7.12. The van der Waals surface area contributed by atoms with Crippen molar-refractivity contribution in [3.8, 4) is 6.07 Å². The van der Waals surface area contributed by atoms with Gasteiger partial charge in [0.25, 0.3) is 0 Å². The maximum Gasteiger partial charge on any atom is 0.149 e. The van der Waals surface area contributed by atoms with Crippen LogP contribution in [-0.4, -0.2) is 30.3 Å². The molecule has 4 nitrogen and oxygen atoms in total. The number of aromatic nitrogens is 1. The van der Waals surface area contributed by atoms with Gasteiger partial charge in [-0.15, -0.1) is 0 Å². The Labute approximate surface area is 117 Å². The van der Waals surface area contributed by atoms with Gasteiger partial charge >= 0.3 is 0 Å². The summed E-state index contributed by atoms with van der Waals surface area (Å²) < 4.78 is 5.85. The van der Waals surface area contributed by atoms with Crippen LogP contribution in [0.4, 0.5) is 5.82 Å². The molecule has 2 aliphatic rings. The third kappa shape index (κ3) is 2.29. The Balaban J connectivity index is 1.94. The molecule has 2 unspecified atom stereocenters. The molecule has 1 aromatic heterocycles. The molecule has 5 heteroatoms. The molecule has 3 rings (SSSR count). The lowest BCUT2D eigenvalue weighted by atomic mass is 9.90. The van der Waals surface area contributed by atoms with Gasteiger partial charge in [-0.25, -0.2) is 4.98 Å². The largest absolute Gasteiger partial charge is 0.374 e. The SMILES string of the molecule is N#Cc1ccnc(N2CCOC3CCCCC32)c1Cl. The lowest BCUT2D eigenvalue weighted by Crippen LogP contribution is -2.53. The Morgan fingerprint density at radius 3 is 3.11 bits per heavy atom. The topological polar surface area (TPSA) is 49.2 Å². The normalized spacial score (nSPS) is 26.6. The molecule has 0 bridgehead atoms. The van der Waals surface area contributed by atoms with Gasteiger partial charge in [-0.1, -0.05) is 24.4 Å². The Bertz CT molecular complexity index is 512. The average Bonchev–Trinajstić information content (AvgIpc) is 2.47. The van der Waals surface area contributed by atoms with E-state index in [9.17, 15) is 0 Å². The lowest BCUT2D eigenvalue weighted by Gasteiger charge is -2.44. The Hall–Kier alpha value is -1.31. The summed E-state index contributed by atoms with van der Waals surface area (Å²) in [5.74, 6) is 0.737. The van der Waals surface area contributed by atoms with Crippen LogP contribution in [0, 0.1) is 11.3 Å². The lowest BCUT2D eigenvalue weighted by molar-refractivity contribution is -0.00897. The summed E-state index contributed by atoms with van der Waals surface area (Å²) >= 11 is 6.31. The standard InChI is InChI=1S/C14H16ClN3O/c15-13-10(9-16)5-6-17-14(13)18-7-8-19-12-4-2-1-3-11(12)18/h5-6,11-12H,1-4,7-8H2. The molecule has 1 saturated heterocycles. The molecule has 2 fully saturated rings. The zero-order valence-corrected chi connectivity index (χ0v) is 11.4. The van der Waals surface area contributed by atoms with Crippen molar-refractivity contribution in [1.82, 2.24) is 4.98 Å². The van der Waals surface area contributed by atoms with E-state index in [1.54, 1.807) is 12.3 Å². The smallest absolute Gasteiger partial charge is 0.149 e. The van der Waals surface area contributed by atoms with Gasteiger partial charge in [0.15, 0.2) is 0 Å². The second kappa shape index (κ2) is 5.36. The molecule has 1 saturated carbocycles. The number of pyridine rings is 1. The summed E-state index contributed by atoms with van der Waals surface area (Å²) in [6.07, 6.45) is 6.61. The number of fused-ring (bicyclic) bond motifs is 1. The van der Waals surface area contributed by atoms with Gasteiger partial charge in [-0.2, -0.15) is 5.26 Å². The number of nitrogens with zero attached hydrogens (tertiary/aromatic N) is 3. The Kier molecular flexibility index (Phi) is 3.58. The summed E-state index contributed by atoms with van der Waals surface area (Å²) in [5, 5.41) is 9.54. The first-order valence-electron chi connectivity index (χ1n) is 6.74. The monoisotopic (exact) mass is 277 g/mol. The summed E-state index contributed by atoms with van der Waals surface area (Å²) in [7, 11) is 0. The number of hydrogen-bond donors (Lipinski definition) is 0. The summed E-state index contributed by atoms with van der Waals surface area (Å²) in [6.45, 7) is 1.50. The second-order valence-electron chi connectivity index (χ2n) is 5.06. The molecule has 2 heterocycles. The van der Waals surface area contributed by atoms with Gasteiger partial charge in [-0.3, -0.25) is 0 Å². The highest BCUT2D eigenvalue weighted by molar-refractivity contribution is 6.34. The summed E-state index contributed by atoms with van der Waals surface area (Å²) in [4.78, 5) is 6.62. The summed E-state index contributed by atoms with van der Waals surface area (Å²) in [6, 6.07) is 4.12. The van der Waals surface area contributed by atoms with E-state index in [4.69, 9.17) is 21.6 Å². The molecule has 0 spiro atoms. The fourth-order valence-corrected chi connectivity index (χ4v) is 3.34. The molecule has 100 valence electrons. The molecule has 0 amide bonds. The molecular weight excluding hydrogens is 262 g/mol. The second-order valence-corrected chi connectivity index (χ2v) is 5.44. The van der Waals surface area contributed by atoms with Crippen molar-refractivity contribution < 1.29 is 4.74 Å². The number of rotatable bonds is 1. The molecule has 1 aliphatic heterocycles. The van der Waals surface area contributed by atoms with Gasteiger partial charge in [0.1, 0.15) is 16.9 Å². The highest BCUT2D eigenvalue weighted by Gasteiger charge is 2.35. The molecule has 1 aromatic rings. The van der Waals surface area contributed by atoms with Crippen LogP contribution < -0.4 is 4.90 Å². The minimum absolute atomic E-state index is 0.283. The Morgan fingerprint density at radius 1 is 1.42 bits per heavy atom. The van der Waals surface area contributed by atoms with Crippen LogP contribution in [0.2, 0.25) is 5.02 Å². The fraction of sp³-hybridized carbons (Fsp3) is 0.571. The van der Waals surface area contributed by atoms with Gasteiger partial charge in [0.05, 0.1) is 24.3 Å². The highest BCUT2D eigenvalue weighted by atomic mass is 35.5. The van der Waals surface area contributed by atoms with Crippen molar-refractivity contribution in [3.05, 3.63) is 22.8 Å². The van der Waals surface area contributed by atoms with Crippen LogP contribution in [0.25, 0.3) is 0 Å². The van der Waals surface area contributed by atoms with Crippen LogP contribution in [-0.2, 0) is 4.74 Å². The van der Waals surface area contributed by atoms with Crippen molar-refractivity contribution in [2.75, 3.05) is 18.1 Å². The van der Waals surface area contributed by atoms with Gasteiger partial charge in [0.2, 0.25) is 0 Å². The minimum Gasteiger partial charge on any atom is -0.374 e. The van der Waals surface area contributed by atoms with Gasteiger partial charge in [0, 0.05) is 12.7 Å². The number of anilines is 1.